The first-order chi connectivity index (χ1) is 13.3. The predicted octanol–water partition coefficient (Wildman–Crippen LogP) is 2.93. The number of carbonyl (C=O) groups is 1. The molecule has 1 aromatic heterocycles. The van der Waals surface area contributed by atoms with Gasteiger partial charge in [-0.3, -0.25) is 9.69 Å². The van der Waals surface area contributed by atoms with Crippen molar-refractivity contribution in [2.24, 2.45) is 0 Å². The highest BCUT2D eigenvalue weighted by Gasteiger charge is 2.46. The second-order valence-electron chi connectivity index (χ2n) is 8.00. The lowest BCUT2D eigenvalue weighted by Gasteiger charge is -2.24. The summed E-state index contributed by atoms with van der Waals surface area (Å²) in [6, 6.07) is 11.8. The van der Waals surface area contributed by atoms with Gasteiger partial charge in [0.1, 0.15) is 0 Å². The summed E-state index contributed by atoms with van der Waals surface area (Å²) in [6.45, 7) is 2.70. The Morgan fingerprint density at radius 1 is 1.15 bits per heavy atom. The maximum absolute atomic E-state index is 11.8. The summed E-state index contributed by atoms with van der Waals surface area (Å²) >= 11 is 0. The van der Waals surface area contributed by atoms with Gasteiger partial charge in [0, 0.05) is 43.9 Å². The Kier molecular flexibility index (Phi) is 4.44. The molecule has 0 N–H and O–H groups in total. The third-order valence-corrected chi connectivity index (χ3v) is 6.45. The second kappa shape index (κ2) is 7.08. The number of rotatable bonds is 5. The first-order valence-corrected chi connectivity index (χ1v) is 10.2. The number of benzene rings is 1. The van der Waals surface area contributed by atoms with Gasteiger partial charge in [-0.05, 0) is 37.8 Å². The lowest BCUT2D eigenvalue weighted by atomic mass is 9.94. The fourth-order valence-electron chi connectivity index (χ4n) is 5.14. The van der Waals surface area contributed by atoms with Crippen molar-refractivity contribution in [1.29, 1.82) is 0 Å². The maximum Gasteiger partial charge on any atom is 0.228 e. The Hall–Kier alpha value is -2.21. The summed E-state index contributed by atoms with van der Waals surface area (Å²) in [7, 11) is 0. The van der Waals surface area contributed by atoms with Gasteiger partial charge < -0.3 is 9.42 Å². The zero-order chi connectivity index (χ0) is 18.2. The molecule has 142 valence electrons. The molecule has 1 aromatic carbocycles. The van der Waals surface area contributed by atoms with E-state index in [-0.39, 0.29) is 5.91 Å². The van der Waals surface area contributed by atoms with E-state index in [4.69, 9.17) is 9.51 Å². The molecule has 27 heavy (non-hydrogen) atoms. The van der Waals surface area contributed by atoms with Crippen molar-refractivity contribution in [1.82, 2.24) is 19.9 Å². The molecule has 3 saturated heterocycles. The van der Waals surface area contributed by atoms with Crippen molar-refractivity contribution in [3.8, 4) is 0 Å². The van der Waals surface area contributed by atoms with Crippen molar-refractivity contribution in [2.75, 3.05) is 19.6 Å². The van der Waals surface area contributed by atoms with Crippen LogP contribution in [-0.2, 0) is 11.2 Å². The molecular weight excluding hydrogens is 340 g/mol. The van der Waals surface area contributed by atoms with Gasteiger partial charge in [-0.15, -0.1) is 0 Å². The lowest BCUT2D eigenvalue weighted by Crippen LogP contribution is -2.27. The van der Waals surface area contributed by atoms with E-state index >= 15 is 0 Å². The number of aromatic nitrogens is 2. The maximum atomic E-state index is 11.8. The fourth-order valence-corrected chi connectivity index (χ4v) is 5.14. The Bertz CT molecular complexity index is 806. The number of hydrogen-bond acceptors (Lipinski definition) is 5. The van der Waals surface area contributed by atoms with Gasteiger partial charge in [0.15, 0.2) is 5.82 Å². The molecule has 6 nitrogen and oxygen atoms in total. The summed E-state index contributed by atoms with van der Waals surface area (Å²) in [6.07, 6.45) is 5.80. The van der Waals surface area contributed by atoms with Crippen LogP contribution in [0.2, 0.25) is 0 Å². The molecule has 0 radical (unpaired) electrons. The average Bonchev–Trinajstić information content (AvgIpc) is 3.45. The van der Waals surface area contributed by atoms with Gasteiger partial charge in [-0.2, -0.15) is 4.98 Å². The molecule has 0 spiro atoms. The smallest absolute Gasteiger partial charge is 0.228 e. The van der Waals surface area contributed by atoms with Crippen LogP contribution in [0.25, 0.3) is 0 Å². The number of carbonyl (C=O) groups excluding carboxylic acids is 1. The molecule has 0 aliphatic carbocycles. The van der Waals surface area contributed by atoms with Gasteiger partial charge in [0.05, 0.1) is 0 Å². The van der Waals surface area contributed by atoms with Crippen molar-refractivity contribution in [3.05, 3.63) is 47.6 Å². The molecule has 5 rings (SSSR count). The molecule has 0 unspecified atom stereocenters. The van der Waals surface area contributed by atoms with Crippen molar-refractivity contribution in [3.63, 3.8) is 0 Å². The highest BCUT2D eigenvalue weighted by atomic mass is 16.5. The summed E-state index contributed by atoms with van der Waals surface area (Å²) in [5.41, 5.74) is 1.39. The van der Waals surface area contributed by atoms with E-state index in [9.17, 15) is 4.79 Å². The summed E-state index contributed by atoms with van der Waals surface area (Å²) < 4.78 is 5.54. The van der Waals surface area contributed by atoms with E-state index in [1.165, 1.54) is 18.4 Å². The monoisotopic (exact) mass is 366 g/mol. The zero-order valence-corrected chi connectivity index (χ0v) is 15.6. The molecule has 0 bridgehead atoms. The van der Waals surface area contributed by atoms with Gasteiger partial charge in [-0.1, -0.05) is 35.5 Å². The minimum absolute atomic E-state index is 0.248. The Morgan fingerprint density at radius 2 is 2.04 bits per heavy atom. The SMILES string of the molecule is O=C1CCCN1CCc1nc([C@@H]2C[C@H](c3ccccc3)N3CCC[C@@H]23)no1. The standard InChI is InChI=1S/C21H26N4O2/c26-20-9-5-11-24(20)13-10-19-22-21(23-27-19)16-14-18(15-6-2-1-3-7-15)25-12-4-8-17(16)25/h1-3,6-7,16-18H,4-5,8-14H2/t16-,17+,18-/m1/s1. The molecule has 2 aromatic rings. The minimum atomic E-state index is 0.248. The van der Waals surface area contributed by atoms with E-state index in [1.54, 1.807) is 0 Å². The molecule has 3 aliphatic heterocycles. The van der Waals surface area contributed by atoms with Gasteiger partial charge in [-0.25, -0.2) is 0 Å². The molecule has 4 heterocycles. The second-order valence-corrected chi connectivity index (χ2v) is 8.00. The average molecular weight is 366 g/mol. The van der Waals surface area contributed by atoms with E-state index in [0.29, 0.717) is 43.3 Å². The van der Waals surface area contributed by atoms with Crippen LogP contribution in [0.5, 0.6) is 0 Å². The van der Waals surface area contributed by atoms with Gasteiger partial charge in [0.25, 0.3) is 0 Å². The van der Waals surface area contributed by atoms with Gasteiger partial charge >= 0.3 is 0 Å². The Labute approximate surface area is 159 Å². The normalized spacial score (nSPS) is 28.2. The van der Waals surface area contributed by atoms with Crippen LogP contribution in [0.4, 0.5) is 0 Å². The van der Waals surface area contributed by atoms with E-state index in [0.717, 1.165) is 31.8 Å². The predicted molar refractivity (Wildman–Crippen MR) is 100 cm³/mol. The Balaban J connectivity index is 1.30. The number of nitrogens with zero attached hydrogens (tertiary/aromatic N) is 4. The summed E-state index contributed by atoms with van der Waals surface area (Å²) in [5, 5.41) is 4.33. The van der Waals surface area contributed by atoms with Gasteiger partial charge in [0.2, 0.25) is 11.8 Å². The number of hydrogen-bond donors (Lipinski definition) is 0. The molecule has 6 heteroatoms. The molecule has 3 aliphatic rings. The third-order valence-electron chi connectivity index (χ3n) is 6.45. The van der Waals surface area contributed by atoms with E-state index < -0.39 is 0 Å². The summed E-state index contributed by atoms with van der Waals surface area (Å²) in [5.74, 6) is 2.10. The van der Waals surface area contributed by atoms with Crippen LogP contribution in [0.3, 0.4) is 0 Å². The topological polar surface area (TPSA) is 62.5 Å². The van der Waals surface area contributed by atoms with E-state index in [1.807, 2.05) is 4.90 Å². The molecule has 3 atom stereocenters. The fraction of sp³-hybridized carbons (Fsp3) is 0.571. The first kappa shape index (κ1) is 16.9. The largest absolute Gasteiger partial charge is 0.342 e. The molecular formula is C21H26N4O2. The lowest BCUT2D eigenvalue weighted by molar-refractivity contribution is -0.127. The van der Waals surface area contributed by atoms with Crippen LogP contribution < -0.4 is 0 Å². The van der Waals surface area contributed by atoms with Crippen molar-refractivity contribution >= 4 is 5.91 Å². The molecule has 3 fully saturated rings. The number of amides is 1. The third kappa shape index (κ3) is 3.16. The van der Waals surface area contributed by atoms with Crippen molar-refractivity contribution < 1.29 is 9.32 Å². The number of likely N-dealkylation sites (tertiary alicyclic amines) is 1. The minimum Gasteiger partial charge on any atom is -0.342 e. The summed E-state index contributed by atoms with van der Waals surface area (Å²) in [4.78, 5) is 21.0. The molecule has 1 amide bonds. The Morgan fingerprint density at radius 3 is 2.85 bits per heavy atom. The number of fused-ring (bicyclic) bond motifs is 1. The van der Waals surface area contributed by atoms with Crippen molar-refractivity contribution in [2.45, 2.75) is 56.5 Å². The van der Waals surface area contributed by atoms with Crippen LogP contribution in [0.1, 0.15) is 61.3 Å². The highest BCUT2D eigenvalue weighted by Crippen LogP contribution is 2.48. The highest BCUT2D eigenvalue weighted by molar-refractivity contribution is 5.78. The zero-order valence-electron chi connectivity index (χ0n) is 15.6. The van der Waals surface area contributed by atoms with E-state index in [2.05, 4.69) is 40.4 Å². The van der Waals surface area contributed by atoms with Crippen LogP contribution >= 0.6 is 0 Å². The quantitative estimate of drug-likeness (QED) is 0.814. The van der Waals surface area contributed by atoms with Crippen LogP contribution in [0, 0.1) is 0 Å². The van der Waals surface area contributed by atoms with Crippen LogP contribution in [-0.4, -0.2) is 51.5 Å². The van der Waals surface area contributed by atoms with Crippen LogP contribution in [0.15, 0.2) is 34.9 Å². The molecule has 0 saturated carbocycles. The first-order valence-electron chi connectivity index (χ1n) is 10.2.